The smallest absolute Gasteiger partial charge is 0.123 e. The fraction of sp³-hybridized carbons (Fsp3) is 0.143. The van der Waals surface area contributed by atoms with E-state index < -0.39 is 0 Å². The Labute approximate surface area is 105 Å². The molecule has 0 saturated heterocycles. The van der Waals surface area contributed by atoms with Gasteiger partial charge in [-0.3, -0.25) is 0 Å². The van der Waals surface area contributed by atoms with Crippen LogP contribution in [0.15, 0.2) is 53.4 Å². The first-order chi connectivity index (χ1) is 8.28. The minimum atomic E-state index is -0.193. The molecule has 2 rings (SSSR count). The van der Waals surface area contributed by atoms with Gasteiger partial charge in [0.15, 0.2) is 0 Å². The van der Waals surface area contributed by atoms with Crippen molar-refractivity contribution < 1.29 is 4.39 Å². The van der Waals surface area contributed by atoms with Gasteiger partial charge in [-0.25, -0.2) is 4.39 Å². The lowest BCUT2D eigenvalue weighted by Crippen LogP contribution is -1.95. The van der Waals surface area contributed by atoms with E-state index in [0.717, 1.165) is 16.2 Å². The van der Waals surface area contributed by atoms with Crippen molar-refractivity contribution in [3.8, 4) is 0 Å². The van der Waals surface area contributed by atoms with Crippen molar-refractivity contribution in [3.05, 3.63) is 65.5 Å². The zero-order valence-electron chi connectivity index (χ0n) is 9.40. The maximum Gasteiger partial charge on any atom is 0.123 e. The van der Waals surface area contributed by atoms with Gasteiger partial charge >= 0.3 is 0 Å². The predicted molar refractivity (Wildman–Crippen MR) is 70.3 cm³/mol. The molecule has 88 valence electrons. The molecular weight excluding hydrogens is 233 g/mol. The molecular formula is C14H14FNS. The minimum Gasteiger partial charge on any atom is -0.326 e. The highest BCUT2D eigenvalue weighted by atomic mass is 32.2. The van der Waals surface area contributed by atoms with Crippen molar-refractivity contribution >= 4 is 11.8 Å². The summed E-state index contributed by atoms with van der Waals surface area (Å²) in [5.74, 6) is 0.692. The molecule has 0 amide bonds. The lowest BCUT2D eigenvalue weighted by Gasteiger charge is -2.03. The average molecular weight is 247 g/mol. The molecule has 1 nitrogen and oxygen atoms in total. The Balaban J connectivity index is 1.95. The minimum absolute atomic E-state index is 0.193. The molecule has 0 radical (unpaired) electrons. The van der Waals surface area contributed by atoms with Crippen LogP contribution in [-0.2, 0) is 12.3 Å². The molecule has 0 spiro atoms. The Morgan fingerprint density at radius 3 is 2.06 bits per heavy atom. The van der Waals surface area contributed by atoms with Gasteiger partial charge in [-0.05, 0) is 35.4 Å². The highest BCUT2D eigenvalue weighted by Crippen LogP contribution is 2.22. The quantitative estimate of drug-likeness (QED) is 0.836. The summed E-state index contributed by atoms with van der Waals surface area (Å²) >= 11 is 1.70. The van der Waals surface area contributed by atoms with Gasteiger partial charge in [-0.2, -0.15) is 0 Å². The number of nitrogens with two attached hydrogens (primary N) is 1. The van der Waals surface area contributed by atoms with Gasteiger partial charge in [0.25, 0.3) is 0 Å². The average Bonchev–Trinajstić information content (AvgIpc) is 2.39. The fourth-order valence-corrected chi connectivity index (χ4v) is 2.32. The SMILES string of the molecule is NCc1ccc(CSc2ccc(F)cc2)cc1. The number of thioether (sulfide) groups is 1. The number of halogens is 1. The van der Waals surface area contributed by atoms with Gasteiger partial charge in [-0.1, -0.05) is 24.3 Å². The first-order valence-electron chi connectivity index (χ1n) is 5.44. The Bertz CT molecular complexity index is 465. The Morgan fingerprint density at radius 1 is 0.882 bits per heavy atom. The van der Waals surface area contributed by atoms with E-state index in [4.69, 9.17) is 5.73 Å². The van der Waals surface area contributed by atoms with Crippen LogP contribution in [0, 0.1) is 5.82 Å². The molecule has 0 heterocycles. The van der Waals surface area contributed by atoms with Crippen molar-refractivity contribution in [2.24, 2.45) is 5.73 Å². The zero-order valence-corrected chi connectivity index (χ0v) is 10.2. The third-order valence-corrected chi connectivity index (χ3v) is 3.56. The van der Waals surface area contributed by atoms with E-state index in [-0.39, 0.29) is 5.82 Å². The first-order valence-corrected chi connectivity index (χ1v) is 6.43. The number of hydrogen-bond donors (Lipinski definition) is 1. The monoisotopic (exact) mass is 247 g/mol. The molecule has 2 aromatic rings. The van der Waals surface area contributed by atoms with E-state index in [0.29, 0.717) is 6.54 Å². The molecule has 0 aromatic heterocycles. The summed E-state index contributed by atoms with van der Waals surface area (Å²) in [4.78, 5) is 1.08. The van der Waals surface area contributed by atoms with Crippen LogP contribution in [-0.4, -0.2) is 0 Å². The van der Waals surface area contributed by atoms with Gasteiger partial charge < -0.3 is 5.73 Å². The third kappa shape index (κ3) is 3.58. The van der Waals surface area contributed by atoms with Gasteiger partial charge in [0.05, 0.1) is 0 Å². The summed E-state index contributed by atoms with van der Waals surface area (Å²) in [6.07, 6.45) is 0. The van der Waals surface area contributed by atoms with Crippen molar-refractivity contribution in [1.29, 1.82) is 0 Å². The van der Waals surface area contributed by atoms with Crippen LogP contribution in [0.1, 0.15) is 11.1 Å². The van der Waals surface area contributed by atoms with Gasteiger partial charge in [0.1, 0.15) is 5.82 Å². The standard InChI is InChI=1S/C14H14FNS/c15-13-5-7-14(8-6-13)17-10-12-3-1-11(9-16)2-4-12/h1-8H,9-10,16H2. The van der Waals surface area contributed by atoms with Crippen LogP contribution in [0.2, 0.25) is 0 Å². The van der Waals surface area contributed by atoms with E-state index in [1.165, 1.54) is 17.7 Å². The van der Waals surface area contributed by atoms with E-state index in [1.54, 1.807) is 23.9 Å². The number of rotatable bonds is 4. The van der Waals surface area contributed by atoms with Crippen LogP contribution in [0.4, 0.5) is 4.39 Å². The van der Waals surface area contributed by atoms with E-state index in [2.05, 4.69) is 12.1 Å². The molecule has 0 atom stereocenters. The predicted octanol–water partition coefficient (Wildman–Crippen LogP) is 3.58. The Morgan fingerprint density at radius 2 is 1.47 bits per heavy atom. The fourth-order valence-electron chi connectivity index (χ4n) is 1.47. The molecule has 0 unspecified atom stereocenters. The highest BCUT2D eigenvalue weighted by Gasteiger charge is 1.97. The summed E-state index contributed by atoms with van der Waals surface area (Å²) in [5, 5.41) is 0. The largest absolute Gasteiger partial charge is 0.326 e. The van der Waals surface area contributed by atoms with Crippen LogP contribution in [0.3, 0.4) is 0 Å². The second kappa shape index (κ2) is 5.84. The third-order valence-electron chi connectivity index (χ3n) is 2.48. The normalized spacial score (nSPS) is 10.5. The van der Waals surface area contributed by atoms with Crippen molar-refractivity contribution in [3.63, 3.8) is 0 Å². The highest BCUT2D eigenvalue weighted by molar-refractivity contribution is 7.98. The Hall–Kier alpha value is -1.32. The molecule has 0 aliphatic carbocycles. The molecule has 0 bridgehead atoms. The maximum atomic E-state index is 12.7. The Kier molecular flexibility index (Phi) is 4.18. The molecule has 3 heteroatoms. The zero-order chi connectivity index (χ0) is 12.1. The van der Waals surface area contributed by atoms with Gasteiger partial charge in [0, 0.05) is 17.2 Å². The summed E-state index contributed by atoms with van der Waals surface area (Å²) in [6.45, 7) is 0.575. The lowest BCUT2D eigenvalue weighted by molar-refractivity contribution is 0.626. The number of benzene rings is 2. The van der Waals surface area contributed by atoms with Gasteiger partial charge in [-0.15, -0.1) is 11.8 Å². The summed E-state index contributed by atoms with van der Waals surface area (Å²) < 4.78 is 12.7. The molecule has 17 heavy (non-hydrogen) atoms. The van der Waals surface area contributed by atoms with Crippen LogP contribution < -0.4 is 5.73 Å². The lowest BCUT2D eigenvalue weighted by atomic mass is 10.1. The second-order valence-corrected chi connectivity index (χ2v) is 4.81. The molecule has 0 aliphatic heterocycles. The molecule has 0 aliphatic rings. The van der Waals surface area contributed by atoms with Crippen molar-refractivity contribution in [2.75, 3.05) is 0 Å². The molecule has 2 N–H and O–H groups in total. The van der Waals surface area contributed by atoms with Crippen LogP contribution >= 0.6 is 11.8 Å². The number of hydrogen-bond acceptors (Lipinski definition) is 2. The van der Waals surface area contributed by atoms with E-state index in [9.17, 15) is 4.39 Å². The van der Waals surface area contributed by atoms with Crippen LogP contribution in [0.5, 0.6) is 0 Å². The second-order valence-electron chi connectivity index (χ2n) is 3.76. The van der Waals surface area contributed by atoms with Gasteiger partial charge in [0.2, 0.25) is 0 Å². The van der Waals surface area contributed by atoms with Crippen molar-refractivity contribution in [2.45, 2.75) is 17.2 Å². The molecule has 0 fully saturated rings. The summed E-state index contributed by atoms with van der Waals surface area (Å²) in [6, 6.07) is 14.8. The first kappa shape index (κ1) is 12.1. The summed E-state index contributed by atoms with van der Waals surface area (Å²) in [7, 11) is 0. The van der Waals surface area contributed by atoms with Crippen molar-refractivity contribution in [1.82, 2.24) is 0 Å². The maximum absolute atomic E-state index is 12.7. The topological polar surface area (TPSA) is 26.0 Å². The molecule has 2 aromatic carbocycles. The van der Waals surface area contributed by atoms with Crippen LogP contribution in [0.25, 0.3) is 0 Å². The van der Waals surface area contributed by atoms with E-state index in [1.807, 2.05) is 12.1 Å². The van der Waals surface area contributed by atoms with E-state index >= 15 is 0 Å². The molecule has 0 saturated carbocycles. The summed E-state index contributed by atoms with van der Waals surface area (Å²) in [5.41, 5.74) is 7.92.